The lowest BCUT2D eigenvalue weighted by atomic mass is 9.98. The van der Waals surface area contributed by atoms with Gasteiger partial charge in [0.1, 0.15) is 18.1 Å². The average Bonchev–Trinajstić information content (AvgIpc) is 3.10. The number of nitrogens with zero attached hydrogens (tertiary/aromatic N) is 2. The lowest BCUT2D eigenvalue weighted by Gasteiger charge is -2.28. The summed E-state index contributed by atoms with van der Waals surface area (Å²) in [6.45, 7) is 2.70. The highest BCUT2D eigenvalue weighted by Gasteiger charge is 2.34. The second-order valence-electron chi connectivity index (χ2n) is 8.84. The third-order valence-corrected chi connectivity index (χ3v) is 6.31. The molecule has 176 valence electrons. The normalized spacial score (nSPS) is 14.7. The fraction of sp³-hybridized carbons (Fsp3) is 0.214. The Balaban J connectivity index is 1.20. The summed E-state index contributed by atoms with van der Waals surface area (Å²) >= 11 is 0. The van der Waals surface area contributed by atoms with Crippen LogP contribution >= 0.6 is 0 Å². The zero-order valence-corrected chi connectivity index (χ0v) is 19.3. The Kier molecular flexibility index (Phi) is 5.91. The summed E-state index contributed by atoms with van der Waals surface area (Å²) in [6.07, 6.45) is 0.679. The molecule has 0 atom stereocenters. The van der Waals surface area contributed by atoms with Gasteiger partial charge < -0.3 is 9.64 Å². The topological polar surface area (TPSA) is 84.0 Å². The van der Waals surface area contributed by atoms with Gasteiger partial charge in [0.15, 0.2) is 0 Å². The van der Waals surface area contributed by atoms with Crippen molar-refractivity contribution in [3.05, 3.63) is 100 Å². The van der Waals surface area contributed by atoms with Crippen molar-refractivity contribution in [2.45, 2.75) is 26.5 Å². The molecule has 0 aliphatic carbocycles. The third kappa shape index (κ3) is 4.45. The first-order chi connectivity index (χ1) is 16.9. The fourth-order valence-corrected chi connectivity index (χ4v) is 4.50. The molecule has 0 radical (unpaired) electrons. The van der Waals surface area contributed by atoms with Gasteiger partial charge in [0.25, 0.3) is 17.7 Å². The molecule has 0 unspecified atom stereocenters. The first-order valence-electron chi connectivity index (χ1n) is 11.5. The summed E-state index contributed by atoms with van der Waals surface area (Å²) in [4.78, 5) is 52.0. The van der Waals surface area contributed by atoms with Crippen molar-refractivity contribution in [1.29, 1.82) is 0 Å². The summed E-state index contributed by atoms with van der Waals surface area (Å²) < 4.78 is 5.94. The van der Waals surface area contributed by atoms with Gasteiger partial charge in [-0.15, -0.1) is 0 Å². The van der Waals surface area contributed by atoms with Crippen LogP contribution in [0.4, 0.5) is 0 Å². The van der Waals surface area contributed by atoms with Gasteiger partial charge in [0.2, 0.25) is 0 Å². The molecule has 0 saturated carbocycles. The molecule has 0 spiro atoms. The number of ketones is 1. The van der Waals surface area contributed by atoms with Crippen LogP contribution in [-0.2, 0) is 24.4 Å². The van der Waals surface area contributed by atoms with E-state index in [1.165, 1.54) is 11.8 Å². The number of Topliss-reactive ketones (excluding diaryl/α,β-unsaturated/α-hetero) is 1. The number of imide groups is 1. The molecule has 3 aromatic carbocycles. The fourth-order valence-electron chi connectivity index (χ4n) is 4.50. The van der Waals surface area contributed by atoms with Gasteiger partial charge in [-0.3, -0.25) is 24.1 Å². The molecule has 0 fully saturated rings. The maximum absolute atomic E-state index is 12.6. The number of carbonyl (C=O) groups excluding carboxylic acids is 4. The van der Waals surface area contributed by atoms with E-state index < -0.39 is 0 Å². The lowest BCUT2D eigenvalue weighted by Crippen LogP contribution is -2.40. The SMILES string of the molecule is CC(=O)CN1CCc2cc(OCc3ccc(CN4C(=O)c5ccccc5C4=O)cc3)ccc2C1=O. The number of hydrogen-bond acceptors (Lipinski definition) is 5. The summed E-state index contributed by atoms with van der Waals surface area (Å²) in [5, 5.41) is 0. The van der Waals surface area contributed by atoms with E-state index >= 15 is 0 Å². The molecular weight excluding hydrogens is 444 g/mol. The van der Waals surface area contributed by atoms with Crippen molar-refractivity contribution in [3.8, 4) is 5.75 Å². The van der Waals surface area contributed by atoms with Crippen molar-refractivity contribution < 1.29 is 23.9 Å². The van der Waals surface area contributed by atoms with E-state index in [1.807, 2.05) is 30.3 Å². The lowest BCUT2D eigenvalue weighted by molar-refractivity contribution is -0.117. The van der Waals surface area contributed by atoms with Gasteiger partial charge in [-0.2, -0.15) is 0 Å². The molecule has 0 N–H and O–H groups in total. The van der Waals surface area contributed by atoms with Gasteiger partial charge in [0, 0.05) is 12.1 Å². The molecule has 0 saturated heterocycles. The standard InChI is InChI=1S/C28H24N2O5/c1-18(31)15-29-13-12-21-14-22(10-11-23(21)26(29)32)35-17-20-8-6-19(7-9-20)16-30-27(33)24-4-2-3-5-25(24)28(30)34/h2-11,14H,12-13,15-17H2,1H3. The molecule has 5 rings (SSSR count). The minimum absolute atomic E-state index is 0.0310. The quantitative estimate of drug-likeness (QED) is 0.495. The van der Waals surface area contributed by atoms with E-state index in [0.29, 0.717) is 42.0 Å². The Hall–Kier alpha value is -4.26. The predicted octanol–water partition coefficient (Wildman–Crippen LogP) is 3.65. The highest BCUT2D eigenvalue weighted by Crippen LogP contribution is 2.26. The van der Waals surface area contributed by atoms with Crippen molar-refractivity contribution >= 4 is 23.5 Å². The zero-order chi connectivity index (χ0) is 24.5. The Labute approximate surface area is 202 Å². The number of benzene rings is 3. The van der Waals surface area contributed by atoms with Gasteiger partial charge in [0.05, 0.1) is 24.2 Å². The van der Waals surface area contributed by atoms with Crippen LogP contribution in [0.1, 0.15) is 54.7 Å². The average molecular weight is 469 g/mol. The van der Waals surface area contributed by atoms with Crippen LogP contribution in [0.5, 0.6) is 5.75 Å². The largest absolute Gasteiger partial charge is 0.489 e. The van der Waals surface area contributed by atoms with E-state index in [9.17, 15) is 19.2 Å². The molecule has 35 heavy (non-hydrogen) atoms. The smallest absolute Gasteiger partial charge is 0.261 e. The molecular formula is C28H24N2O5. The van der Waals surface area contributed by atoms with E-state index in [2.05, 4.69) is 0 Å². The van der Waals surface area contributed by atoms with Gasteiger partial charge in [-0.05, 0) is 60.4 Å². The number of carbonyl (C=O) groups is 4. The van der Waals surface area contributed by atoms with E-state index in [4.69, 9.17) is 4.74 Å². The van der Waals surface area contributed by atoms with Crippen LogP contribution in [0.25, 0.3) is 0 Å². The summed E-state index contributed by atoms with van der Waals surface area (Å²) in [6, 6.07) is 19.9. The van der Waals surface area contributed by atoms with Gasteiger partial charge >= 0.3 is 0 Å². The van der Waals surface area contributed by atoms with Crippen molar-refractivity contribution in [2.75, 3.05) is 13.1 Å². The number of hydrogen-bond donors (Lipinski definition) is 0. The summed E-state index contributed by atoms with van der Waals surface area (Å²) in [5.74, 6) is -0.0218. The molecule has 7 heteroatoms. The van der Waals surface area contributed by atoms with E-state index in [-0.39, 0.29) is 36.6 Å². The Morgan fingerprint density at radius 3 is 2.14 bits per heavy atom. The van der Waals surface area contributed by atoms with Crippen LogP contribution in [0, 0.1) is 0 Å². The number of fused-ring (bicyclic) bond motifs is 2. The van der Waals surface area contributed by atoms with Gasteiger partial charge in [-0.1, -0.05) is 36.4 Å². The number of rotatable bonds is 7. The van der Waals surface area contributed by atoms with E-state index in [0.717, 1.165) is 16.7 Å². The summed E-state index contributed by atoms with van der Waals surface area (Å²) in [7, 11) is 0. The van der Waals surface area contributed by atoms with Gasteiger partial charge in [-0.25, -0.2) is 0 Å². The first kappa shape index (κ1) is 22.5. The van der Waals surface area contributed by atoms with Crippen LogP contribution in [-0.4, -0.2) is 46.4 Å². The Bertz CT molecular complexity index is 1310. The van der Waals surface area contributed by atoms with E-state index in [1.54, 1.807) is 41.3 Å². The number of ether oxygens (including phenoxy) is 1. The highest BCUT2D eigenvalue weighted by molar-refractivity contribution is 6.21. The molecule has 2 heterocycles. The van der Waals surface area contributed by atoms with Crippen LogP contribution in [0.15, 0.2) is 66.7 Å². The zero-order valence-electron chi connectivity index (χ0n) is 19.3. The monoisotopic (exact) mass is 468 g/mol. The predicted molar refractivity (Wildman–Crippen MR) is 128 cm³/mol. The van der Waals surface area contributed by atoms with Crippen molar-refractivity contribution in [3.63, 3.8) is 0 Å². The first-order valence-corrected chi connectivity index (χ1v) is 11.5. The second kappa shape index (κ2) is 9.18. The minimum atomic E-state index is -0.270. The summed E-state index contributed by atoms with van der Waals surface area (Å²) in [5.41, 5.74) is 4.22. The molecule has 7 nitrogen and oxygen atoms in total. The van der Waals surface area contributed by atoms with Crippen molar-refractivity contribution in [1.82, 2.24) is 9.80 Å². The molecule has 2 aliphatic heterocycles. The molecule has 3 aromatic rings. The van der Waals surface area contributed by atoms with Crippen molar-refractivity contribution in [2.24, 2.45) is 0 Å². The molecule has 2 aliphatic rings. The minimum Gasteiger partial charge on any atom is -0.489 e. The maximum atomic E-state index is 12.6. The maximum Gasteiger partial charge on any atom is 0.261 e. The number of amides is 3. The van der Waals surface area contributed by atoms with Crippen LogP contribution in [0.3, 0.4) is 0 Å². The second-order valence-corrected chi connectivity index (χ2v) is 8.84. The molecule has 0 aromatic heterocycles. The Morgan fingerprint density at radius 2 is 1.49 bits per heavy atom. The molecule has 3 amide bonds. The van der Waals surface area contributed by atoms with Crippen LogP contribution in [0.2, 0.25) is 0 Å². The highest BCUT2D eigenvalue weighted by atomic mass is 16.5. The third-order valence-electron chi connectivity index (χ3n) is 6.31. The Morgan fingerprint density at radius 1 is 0.829 bits per heavy atom. The molecule has 0 bridgehead atoms. The van der Waals surface area contributed by atoms with Crippen LogP contribution < -0.4 is 4.74 Å².